The SMILES string of the molecule is N#Cc1cc(-c2ccnc(NC(=O)[C@@H]3C[C@H]3c3cncnc3)c2)ccc1O[C@]1(C(=O)CO)CCNC[C@H]1F. The van der Waals surface area contributed by atoms with Crippen LogP contribution in [-0.4, -0.2) is 63.2 Å². The number of hydrogen-bond acceptors (Lipinski definition) is 9. The fourth-order valence-electron chi connectivity index (χ4n) is 4.78. The largest absolute Gasteiger partial charge is 0.475 e. The molecule has 4 atom stereocenters. The third kappa shape index (κ3) is 4.96. The highest BCUT2D eigenvalue weighted by atomic mass is 19.1. The van der Waals surface area contributed by atoms with E-state index in [9.17, 15) is 24.3 Å². The second-order valence-corrected chi connectivity index (χ2v) is 9.36. The number of aromatic nitrogens is 3. The number of pyridine rings is 1. The van der Waals surface area contributed by atoms with Crippen molar-refractivity contribution >= 4 is 17.5 Å². The van der Waals surface area contributed by atoms with Gasteiger partial charge in [0.25, 0.3) is 0 Å². The van der Waals surface area contributed by atoms with E-state index in [1.165, 1.54) is 12.4 Å². The number of Topliss-reactive ketones (excluding diaryl/α,β-unsaturated/α-hetero) is 1. The quantitative estimate of drug-likeness (QED) is 0.409. The zero-order valence-corrected chi connectivity index (χ0v) is 20.3. The molecular formula is C27H25FN6O4. The molecule has 1 aliphatic heterocycles. The lowest BCUT2D eigenvalue weighted by molar-refractivity contribution is -0.146. The fraction of sp³-hybridized carbons (Fsp3) is 0.333. The van der Waals surface area contributed by atoms with Crippen LogP contribution in [0.25, 0.3) is 11.1 Å². The molecule has 0 bridgehead atoms. The summed E-state index contributed by atoms with van der Waals surface area (Å²) in [6, 6.07) is 10.2. The van der Waals surface area contributed by atoms with Crippen LogP contribution in [0, 0.1) is 17.2 Å². The number of ether oxygens (including phenoxy) is 1. The molecule has 194 valence electrons. The molecule has 2 fully saturated rings. The summed E-state index contributed by atoms with van der Waals surface area (Å²) >= 11 is 0. The number of aliphatic hydroxyl groups excluding tert-OH is 1. The van der Waals surface area contributed by atoms with Crippen molar-refractivity contribution in [3.63, 3.8) is 0 Å². The molecule has 3 aromatic rings. The van der Waals surface area contributed by atoms with E-state index >= 15 is 0 Å². The van der Waals surface area contributed by atoms with Crippen LogP contribution >= 0.6 is 0 Å². The Morgan fingerprint density at radius 2 is 2.03 bits per heavy atom. The van der Waals surface area contributed by atoms with Gasteiger partial charge in [0.15, 0.2) is 6.17 Å². The molecule has 2 aliphatic rings. The Morgan fingerprint density at radius 1 is 1.24 bits per heavy atom. The second-order valence-electron chi connectivity index (χ2n) is 9.36. The van der Waals surface area contributed by atoms with E-state index in [1.807, 2.05) is 6.07 Å². The number of nitriles is 1. The molecule has 11 heteroatoms. The summed E-state index contributed by atoms with van der Waals surface area (Å²) in [5, 5.41) is 24.9. The average molecular weight is 517 g/mol. The first-order valence-electron chi connectivity index (χ1n) is 12.2. The van der Waals surface area contributed by atoms with E-state index in [0.717, 1.165) is 5.56 Å². The molecular weight excluding hydrogens is 491 g/mol. The summed E-state index contributed by atoms with van der Waals surface area (Å²) in [4.78, 5) is 37.5. The van der Waals surface area contributed by atoms with Gasteiger partial charge < -0.3 is 20.5 Å². The average Bonchev–Trinajstić information content (AvgIpc) is 3.76. The first-order valence-corrected chi connectivity index (χ1v) is 12.2. The summed E-state index contributed by atoms with van der Waals surface area (Å²) in [6.07, 6.45) is 5.47. The zero-order chi connectivity index (χ0) is 26.7. The maximum Gasteiger partial charge on any atom is 0.229 e. The lowest BCUT2D eigenvalue weighted by Gasteiger charge is -2.39. The highest BCUT2D eigenvalue weighted by Gasteiger charge is 2.50. The molecule has 1 amide bonds. The van der Waals surface area contributed by atoms with Crippen LogP contribution < -0.4 is 15.4 Å². The normalized spacial score (nSPS) is 24.2. The van der Waals surface area contributed by atoms with Crippen LogP contribution in [0.2, 0.25) is 0 Å². The highest BCUT2D eigenvalue weighted by molar-refractivity contribution is 5.95. The number of ketones is 1. The monoisotopic (exact) mass is 516 g/mol. The number of carbonyl (C=O) groups is 2. The summed E-state index contributed by atoms with van der Waals surface area (Å²) < 4.78 is 20.7. The number of aliphatic hydroxyl groups is 1. The van der Waals surface area contributed by atoms with Crippen molar-refractivity contribution in [1.82, 2.24) is 20.3 Å². The van der Waals surface area contributed by atoms with Gasteiger partial charge in [-0.2, -0.15) is 5.26 Å². The molecule has 0 spiro atoms. The minimum Gasteiger partial charge on any atom is -0.475 e. The first kappa shape index (κ1) is 25.4. The third-order valence-corrected chi connectivity index (χ3v) is 6.99. The Bertz CT molecular complexity index is 1400. The fourth-order valence-corrected chi connectivity index (χ4v) is 4.78. The first-order chi connectivity index (χ1) is 18.4. The van der Waals surface area contributed by atoms with Gasteiger partial charge in [0.1, 0.15) is 30.6 Å². The zero-order valence-electron chi connectivity index (χ0n) is 20.3. The van der Waals surface area contributed by atoms with Crippen molar-refractivity contribution in [3.05, 3.63) is 66.4 Å². The summed E-state index contributed by atoms with van der Waals surface area (Å²) in [7, 11) is 0. The van der Waals surface area contributed by atoms with E-state index in [2.05, 4.69) is 25.6 Å². The molecule has 38 heavy (non-hydrogen) atoms. The standard InChI is InChI=1S/C27H25FN6O4/c28-23-13-30-6-4-27(23,24(36)14-35)38-22-2-1-16(7-18(22)10-29)17-3-5-33-25(8-17)34-26(37)21-9-20(21)19-11-31-15-32-12-19/h1-3,5,7-8,11-12,15,20-21,23,30,35H,4,6,9,13-14H2,(H,33,34,37)/t20-,21+,23+,27+/m0/s1. The van der Waals surface area contributed by atoms with Crippen LogP contribution in [0.5, 0.6) is 5.75 Å². The molecule has 10 nitrogen and oxygen atoms in total. The maximum absolute atomic E-state index is 14.9. The van der Waals surface area contributed by atoms with Gasteiger partial charge in [0.05, 0.1) is 5.56 Å². The lowest BCUT2D eigenvalue weighted by Crippen LogP contribution is -2.61. The summed E-state index contributed by atoms with van der Waals surface area (Å²) in [5.41, 5.74) is 0.488. The number of alkyl halides is 1. The molecule has 1 saturated heterocycles. The molecule has 3 heterocycles. The topological polar surface area (TPSA) is 150 Å². The predicted molar refractivity (Wildman–Crippen MR) is 134 cm³/mol. The second kappa shape index (κ2) is 10.6. The molecule has 0 unspecified atom stereocenters. The number of anilines is 1. The van der Waals surface area contributed by atoms with Crippen molar-refractivity contribution in [3.8, 4) is 22.9 Å². The Hall–Kier alpha value is -4.27. The van der Waals surface area contributed by atoms with Crippen LogP contribution in [0.15, 0.2) is 55.2 Å². The van der Waals surface area contributed by atoms with Gasteiger partial charge in [-0.15, -0.1) is 0 Å². The Labute approximate surface area is 217 Å². The van der Waals surface area contributed by atoms with Gasteiger partial charge in [0.2, 0.25) is 17.3 Å². The number of nitrogens with one attached hydrogen (secondary N) is 2. The number of hydrogen-bond donors (Lipinski definition) is 3. The number of piperidine rings is 1. The van der Waals surface area contributed by atoms with Gasteiger partial charge in [-0.25, -0.2) is 19.3 Å². The minimum absolute atomic E-state index is 0.0206. The van der Waals surface area contributed by atoms with E-state index in [1.54, 1.807) is 42.9 Å². The number of rotatable bonds is 8. The molecule has 1 saturated carbocycles. The van der Waals surface area contributed by atoms with Gasteiger partial charge in [0, 0.05) is 37.5 Å². The Kier molecular flexibility index (Phi) is 7.09. The Balaban J connectivity index is 1.33. The lowest BCUT2D eigenvalue weighted by atomic mass is 9.86. The van der Waals surface area contributed by atoms with Gasteiger partial charge in [-0.3, -0.25) is 9.59 Å². The molecule has 5 rings (SSSR count). The minimum atomic E-state index is -1.87. The van der Waals surface area contributed by atoms with Gasteiger partial charge in [-0.05, 0) is 59.8 Å². The molecule has 3 N–H and O–H groups in total. The summed E-state index contributed by atoms with van der Waals surface area (Å²) in [6.45, 7) is -0.636. The van der Waals surface area contributed by atoms with Gasteiger partial charge >= 0.3 is 0 Å². The molecule has 1 aromatic carbocycles. The molecule has 0 radical (unpaired) electrons. The molecule has 2 aromatic heterocycles. The van der Waals surface area contributed by atoms with Crippen LogP contribution in [-0.2, 0) is 9.59 Å². The number of nitrogens with zero attached hydrogens (tertiary/aromatic N) is 4. The van der Waals surface area contributed by atoms with Gasteiger partial charge in [-0.1, -0.05) is 6.07 Å². The van der Waals surface area contributed by atoms with E-state index in [4.69, 9.17) is 4.74 Å². The predicted octanol–water partition coefficient (Wildman–Crippen LogP) is 2.16. The van der Waals surface area contributed by atoms with E-state index in [0.29, 0.717) is 29.9 Å². The Morgan fingerprint density at radius 3 is 2.76 bits per heavy atom. The van der Waals surface area contributed by atoms with Crippen LogP contribution in [0.3, 0.4) is 0 Å². The van der Waals surface area contributed by atoms with Crippen LogP contribution in [0.1, 0.15) is 29.9 Å². The van der Waals surface area contributed by atoms with Crippen molar-refractivity contribution in [2.45, 2.75) is 30.5 Å². The molecule has 1 aliphatic carbocycles. The maximum atomic E-state index is 14.9. The summed E-state index contributed by atoms with van der Waals surface area (Å²) in [5.74, 6) is -0.608. The smallest absolute Gasteiger partial charge is 0.229 e. The number of benzene rings is 1. The highest BCUT2D eigenvalue weighted by Crippen LogP contribution is 2.47. The van der Waals surface area contributed by atoms with Crippen molar-refractivity contribution in [1.29, 1.82) is 5.26 Å². The van der Waals surface area contributed by atoms with E-state index in [-0.39, 0.29) is 42.0 Å². The number of carbonyl (C=O) groups excluding carboxylic acids is 2. The van der Waals surface area contributed by atoms with Crippen molar-refractivity contribution in [2.75, 3.05) is 25.0 Å². The number of halogens is 1. The van der Waals surface area contributed by atoms with Crippen LogP contribution in [0.4, 0.5) is 10.2 Å². The van der Waals surface area contributed by atoms with Crippen molar-refractivity contribution in [2.24, 2.45) is 5.92 Å². The number of amides is 1. The third-order valence-electron chi connectivity index (χ3n) is 6.99. The van der Waals surface area contributed by atoms with Crippen molar-refractivity contribution < 1.29 is 23.8 Å². The van der Waals surface area contributed by atoms with E-state index < -0.39 is 24.2 Å².